The van der Waals surface area contributed by atoms with Crippen LogP contribution in [0.1, 0.15) is 72.2 Å². The summed E-state index contributed by atoms with van der Waals surface area (Å²) in [5, 5.41) is 29.8. The Labute approximate surface area is 376 Å². The maximum Gasteiger partial charge on any atom is 0.416 e. The lowest BCUT2D eigenvalue weighted by atomic mass is 9.93. The molecular formula is C47H43F6N9O4. The standard InChI is InChI=1S/C47H43F6N9O4/c1-28-38(40(32-16-12-30(26-54)13-17-32)58-44(65)61(28)36-10-4-8-34(24-36)46(48,49)50)42(63)56-20-6-22-60(3)23-7-21-57-43(64)39-29(2)62(37-11-5-9-35(25-37)47(51,52)53)45(66)59-41(39)33-18-14-31(27-55)15-19-33/h4-5,8-19,24-25,40-41H,6-7,20-23H2,1-3H3,(H,56,63)(H,57,64)(H,58,65)(H,59,66)/t40-,41-/m1/s1. The van der Waals surface area contributed by atoms with Gasteiger partial charge in [-0.3, -0.25) is 19.4 Å². The van der Waals surface area contributed by atoms with Crippen LogP contribution >= 0.6 is 0 Å². The molecule has 0 saturated carbocycles. The maximum absolute atomic E-state index is 13.9. The highest BCUT2D eigenvalue weighted by atomic mass is 19.4. The fourth-order valence-electron chi connectivity index (χ4n) is 7.74. The molecule has 4 aromatic rings. The van der Waals surface area contributed by atoms with Crippen molar-refractivity contribution in [2.75, 3.05) is 43.0 Å². The third-order valence-electron chi connectivity index (χ3n) is 11.1. The molecule has 6 rings (SSSR count). The van der Waals surface area contributed by atoms with Crippen molar-refractivity contribution in [1.29, 1.82) is 10.5 Å². The summed E-state index contributed by atoms with van der Waals surface area (Å²) >= 11 is 0. The molecular weight excluding hydrogens is 869 g/mol. The Balaban J connectivity index is 1.09. The molecule has 6 amide bonds. The van der Waals surface area contributed by atoms with Gasteiger partial charge in [-0.05, 0) is 119 Å². The first-order chi connectivity index (χ1) is 31.3. The van der Waals surface area contributed by atoms with Gasteiger partial charge in [0.15, 0.2) is 0 Å². The number of nitriles is 2. The molecule has 0 radical (unpaired) electrons. The molecule has 0 bridgehead atoms. The first-order valence-electron chi connectivity index (χ1n) is 20.5. The number of halogens is 6. The van der Waals surface area contributed by atoms with E-state index in [0.717, 1.165) is 34.1 Å². The number of hydrogen-bond donors (Lipinski definition) is 4. The van der Waals surface area contributed by atoms with Crippen LogP contribution in [0.5, 0.6) is 0 Å². The Morgan fingerprint density at radius 3 is 1.33 bits per heavy atom. The second kappa shape index (κ2) is 20.0. The van der Waals surface area contributed by atoms with E-state index in [9.17, 15) is 56.0 Å². The predicted octanol–water partition coefficient (Wildman–Crippen LogP) is 8.20. The van der Waals surface area contributed by atoms with Crippen LogP contribution < -0.4 is 31.1 Å². The number of rotatable bonds is 14. The Kier molecular flexibility index (Phi) is 14.5. The summed E-state index contributed by atoms with van der Waals surface area (Å²) < 4.78 is 81.7. The summed E-state index contributed by atoms with van der Waals surface area (Å²) in [6.07, 6.45) is -8.45. The molecule has 2 aliphatic rings. The molecule has 66 heavy (non-hydrogen) atoms. The first-order valence-corrected chi connectivity index (χ1v) is 20.5. The smallest absolute Gasteiger partial charge is 0.352 e. The lowest BCUT2D eigenvalue weighted by molar-refractivity contribution is -0.138. The number of amides is 6. The number of benzene rings is 4. The van der Waals surface area contributed by atoms with Gasteiger partial charge in [0.1, 0.15) is 0 Å². The fourth-order valence-corrected chi connectivity index (χ4v) is 7.74. The lowest BCUT2D eigenvalue weighted by Crippen LogP contribution is -2.49. The van der Waals surface area contributed by atoms with Gasteiger partial charge >= 0.3 is 24.4 Å². The molecule has 342 valence electrons. The van der Waals surface area contributed by atoms with Crippen LogP contribution in [0.15, 0.2) is 120 Å². The van der Waals surface area contributed by atoms with E-state index >= 15 is 0 Å². The number of nitrogens with one attached hydrogen (secondary N) is 4. The van der Waals surface area contributed by atoms with Gasteiger partial charge in [-0.15, -0.1) is 0 Å². The molecule has 19 heteroatoms. The molecule has 0 spiro atoms. The summed E-state index contributed by atoms with van der Waals surface area (Å²) in [4.78, 5) is 58.7. The molecule has 0 aromatic heterocycles. The summed E-state index contributed by atoms with van der Waals surface area (Å²) in [5.74, 6) is -1.14. The largest absolute Gasteiger partial charge is 0.416 e. The molecule has 4 N–H and O–H groups in total. The minimum absolute atomic E-state index is 0.0862. The van der Waals surface area contributed by atoms with Crippen molar-refractivity contribution in [3.63, 3.8) is 0 Å². The van der Waals surface area contributed by atoms with E-state index in [0.29, 0.717) is 48.2 Å². The van der Waals surface area contributed by atoms with E-state index < -0.39 is 59.4 Å². The highest BCUT2D eigenvalue weighted by Gasteiger charge is 2.40. The van der Waals surface area contributed by atoms with Crippen LogP contribution in [0, 0.1) is 22.7 Å². The molecule has 0 unspecified atom stereocenters. The molecule has 13 nitrogen and oxygen atoms in total. The number of alkyl halides is 6. The average molecular weight is 912 g/mol. The Morgan fingerprint density at radius 1 is 0.636 bits per heavy atom. The van der Waals surface area contributed by atoms with E-state index in [4.69, 9.17) is 0 Å². The SMILES string of the molecule is CC1=C(C(=O)NCCCN(C)CCCNC(=O)C2=C(C)N(c3cccc(C(F)(F)F)c3)C(=O)N[C@@H]2c2ccc(C#N)cc2)[C@@H](c2ccc(C#N)cc2)NC(=O)N1c1cccc(C(F)(F)F)c1. The van der Waals surface area contributed by atoms with Crippen molar-refractivity contribution in [2.45, 2.75) is 51.1 Å². The van der Waals surface area contributed by atoms with Crippen LogP contribution in [0.2, 0.25) is 0 Å². The van der Waals surface area contributed by atoms with E-state index in [-0.39, 0.29) is 47.0 Å². The zero-order chi connectivity index (χ0) is 47.9. The van der Waals surface area contributed by atoms with Gasteiger partial charge in [-0.25, -0.2) is 9.59 Å². The molecule has 2 aliphatic heterocycles. The molecule has 0 fully saturated rings. The molecule has 0 aliphatic carbocycles. The van der Waals surface area contributed by atoms with Gasteiger partial charge in [-0.1, -0.05) is 36.4 Å². The predicted molar refractivity (Wildman–Crippen MR) is 231 cm³/mol. The second-order valence-corrected chi connectivity index (χ2v) is 15.5. The molecule has 2 atom stereocenters. The van der Waals surface area contributed by atoms with Gasteiger partial charge in [0.05, 0.1) is 69.0 Å². The van der Waals surface area contributed by atoms with Crippen LogP contribution in [0.3, 0.4) is 0 Å². The molecule has 2 heterocycles. The van der Waals surface area contributed by atoms with Crippen molar-refractivity contribution in [1.82, 2.24) is 26.2 Å². The number of carbonyl (C=O) groups is 4. The van der Waals surface area contributed by atoms with Gasteiger partial charge in [0, 0.05) is 24.5 Å². The van der Waals surface area contributed by atoms with Gasteiger partial charge in [0.25, 0.3) is 11.8 Å². The number of nitrogens with zero attached hydrogens (tertiary/aromatic N) is 5. The number of anilines is 2. The highest BCUT2D eigenvalue weighted by Crippen LogP contribution is 2.39. The van der Waals surface area contributed by atoms with Crippen LogP contribution in [0.25, 0.3) is 0 Å². The van der Waals surface area contributed by atoms with Gasteiger partial charge in [0.2, 0.25) is 0 Å². The van der Waals surface area contributed by atoms with Crippen molar-refractivity contribution >= 4 is 35.3 Å². The van der Waals surface area contributed by atoms with E-state index in [1.54, 1.807) is 24.3 Å². The highest BCUT2D eigenvalue weighted by molar-refractivity contribution is 6.06. The van der Waals surface area contributed by atoms with Gasteiger partial charge < -0.3 is 26.2 Å². The minimum atomic E-state index is -4.68. The summed E-state index contributed by atoms with van der Waals surface area (Å²) in [7, 11) is 1.83. The summed E-state index contributed by atoms with van der Waals surface area (Å²) in [5.41, 5.74) is -0.126. The van der Waals surface area contributed by atoms with Crippen molar-refractivity contribution in [2.24, 2.45) is 0 Å². The fraction of sp³-hybridized carbons (Fsp3) is 0.277. The Bertz CT molecular complexity index is 2470. The third kappa shape index (κ3) is 10.8. The zero-order valence-electron chi connectivity index (χ0n) is 35.8. The van der Waals surface area contributed by atoms with Crippen LogP contribution in [-0.2, 0) is 21.9 Å². The minimum Gasteiger partial charge on any atom is -0.352 e. The summed E-state index contributed by atoms with van der Waals surface area (Å²) in [6, 6.07) is 21.3. The van der Waals surface area contributed by atoms with E-state index in [2.05, 4.69) is 21.3 Å². The number of carbonyl (C=O) groups excluding carboxylic acids is 4. The topological polar surface area (TPSA) is 174 Å². The Morgan fingerprint density at radius 2 is 1.00 bits per heavy atom. The normalized spacial score (nSPS) is 16.7. The monoisotopic (exact) mass is 911 g/mol. The van der Waals surface area contributed by atoms with Crippen LogP contribution in [-0.4, -0.2) is 62.0 Å². The lowest BCUT2D eigenvalue weighted by Gasteiger charge is -2.36. The summed E-state index contributed by atoms with van der Waals surface area (Å²) in [6.45, 7) is 4.26. The number of hydrogen-bond acceptors (Lipinski definition) is 7. The quantitative estimate of drug-likeness (QED) is 0.0729. The van der Waals surface area contributed by atoms with Crippen molar-refractivity contribution in [3.8, 4) is 12.1 Å². The van der Waals surface area contributed by atoms with E-state index in [1.807, 2.05) is 24.1 Å². The zero-order valence-corrected chi connectivity index (χ0v) is 35.8. The number of allylic oxidation sites excluding steroid dienone is 2. The van der Waals surface area contributed by atoms with Crippen molar-refractivity contribution in [3.05, 3.63) is 153 Å². The van der Waals surface area contributed by atoms with Crippen LogP contribution in [0.4, 0.5) is 47.3 Å². The maximum atomic E-state index is 13.9. The molecule has 4 aromatic carbocycles. The van der Waals surface area contributed by atoms with Gasteiger partial charge in [-0.2, -0.15) is 36.9 Å². The van der Waals surface area contributed by atoms with E-state index in [1.165, 1.54) is 62.4 Å². The average Bonchev–Trinajstić information content (AvgIpc) is 3.28. The first kappa shape index (κ1) is 47.8. The molecule has 0 saturated heterocycles. The number of urea groups is 2. The third-order valence-corrected chi connectivity index (χ3v) is 11.1. The van der Waals surface area contributed by atoms with Crippen molar-refractivity contribution < 1.29 is 45.5 Å². The second-order valence-electron chi connectivity index (χ2n) is 15.5. The Hall–Kier alpha value is -7.64.